The molecule has 0 aliphatic carbocycles. The van der Waals surface area contributed by atoms with Crippen LogP contribution in [0.2, 0.25) is 0 Å². The van der Waals surface area contributed by atoms with E-state index in [1.807, 2.05) is 13.8 Å². The van der Waals surface area contributed by atoms with E-state index in [0.29, 0.717) is 6.42 Å². The molecular weight excluding hydrogens is 204 g/mol. The maximum Gasteiger partial charge on any atom is 2.00 e. The van der Waals surface area contributed by atoms with Crippen molar-refractivity contribution in [3.8, 4) is 0 Å². The molecule has 3 heteroatoms. The van der Waals surface area contributed by atoms with Crippen LogP contribution < -0.4 is 0 Å². The summed E-state index contributed by atoms with van der Waals surface area (Å²) in [4.78, 5) is 11.1. The minimum Gasteiger partial charge on any atom is -1.00 e. The molecule has 0 unspecified atom stereocenters. The van der Waals surface area contributed by atoms with Crippen molar-refractivity contribution >= 4 is 43.7 Å². The second-order valence-electron chi connectivity index (χ2n) is 3.70. The van der Waals surface area contributed by atoms with Crippen molar-refractivity contribution in [2.24, 2.45) is 0 Å². The van der Waals surface area contributed by atoms with Gasteiger partial charge in [-0.2, -0.15) is 0 Å². The number of hydrogen-bond acceptors (Lipinski definition) is 2. The van der Waals surface area contributed by atoms with Crippen LogP contribution in [0.15, 0.2) is 0 Å². The van der Waals surface area contributed by atoms with Crippen LogP contribution in [0.1, 0.15) is 62.1 Å². The Morgan fingerprint density at radius 2 is 1.79 bits per heavy atom. The van der Waals surface area contributed by atoms with Gasteiger partial charge in [0.2, 0.25) is 0 Å². The van der Waals surface area contributed by atoms with Gasteiger partial charge in [-0.15, -0.1) is 0 Å². The van der Waals surface area contributed by atoms with Crippen LogP contribution in [0, 0.1) is 0 Å². The van der Waals surface area contributed by atoms with E-state index in [4.69, 9.17) is 4.74 Å². The Balaban J connectivity index is -0.000000240. The van der Waals surface area contributed by atoms with Crippen molar-refractivity contribution in [2.45, 2.75) is 65.4 Å². The van der Waals surface area contributed by atoms with Crippen LogP contribution in [-0.2, 0) is 9.53 Å². The van der Waals surface area contributed by atoms with E-state index in [-0.39, 0.29) is 52.7 Å². The topological polar surface area (TPSA) is 26.3 Å². The summed E-state index contributed by atoms with van der Waals surface area (Å²) in [5, 5.41) is 0. The molecule has 14 heavy (non-hydrogen) atoms. The van der Waals surface area contributed by atoms with Crippen molar-refractivity contribution in [3.63, 3.8) is 0 Å². The molecule has 0 saturated heterocycles. The predicted molar refractivity (Wildman–Crippen MR) is 62.6 cm³/mol. The van der Waals surface area contributed by atoms with Crippen LogP contribution in [0.3, 0.4) is 0 Å². The molecule has 0 aliphatic heterocycles. The molecule has 0 aromatic heterocycles. The van der Waals surface area contributed by atoms with Gasteiger partial charge in [-0.05, 0) is 20.3 Å². The average molecular weight is 228 g/mol. The van der Waals surface area contributed by atoms with Gasteiger partial charge in [-0.3, -0.25) is 4.79 Å². The average Bonchev–Trinajstić information content (AvgIpc) is 2.02. The molecule has 2 nitrogen and oxygen atoms in total. The monoisotopic (exact) mass is 228 g/mol. The molecule has 0 aromatic carbocycles. The van der Waals surface area contributed by atoms with Crippen molar-refractivity contribution < 1.29 is 12.4 Å². The van der Waals surface area contributed by atoms with Crippen LogP contribution in [0.25, 0.3) is 0 Å². The summed E-state index contributed by atoms with van der Waals surface area (Å²) < 4.78 is 5.02. The molecule has 0 aliphatic rings. The fraction of sp³-hybridized carbons (Fsp3) is 0.909. The van der Waals surface area contributed by atoms with Gasteiger partial charge >= 0.3 is 43.7 Å². The second kappa shape index (κ2) is 11.8. The van der Waals surface area contributed by atoms with Crippen LogP contribution in [0.5, 0.6) is 0 Å². The van der Waals surface area contributed by atoms with Crippen molar-refractivity contribution in [1.29, 1.82) is 0 Å². The zero-order valence-corrected chi connectivity index (χ0v) is 12.1. The molecule has 0 amide bonds. The number of carbonyl (C=O) groups excluding carboxylic acids is 1. The maximum absolute atomic E-state index is 11.1. The van der Waals surface area contributed by atoms with Gasteiger partial charge in [-0.25, -0.2) is 0 Å². The van der Waals surface area contributed by atoms with E-state index in [9.17, 15) is 4.79 Å². The van der Waals surface area contributed by atoms with Gasteiger partial charge in [0.1, 0.15) is 0 Å². The molecule has 0 spiro atoms. The van der Waals surface area contributed by atoms with Gasteiger partial charge in [-0.1, -0.05) is 32.6 Å². The van der Waals surface area contributed by atoms with Crippen LogP contribution >= 0.6 is 0 Å². The molecule has 0 radical (unpaired) electrons. The quantitative estimate of drug-likeness (QED) is 0.380. The first kappa shape index (κ1) is 17.1. The van der Waals surface area contributed by atoms with Crippen molar-refractivity contribution in [2.75, 3.05) is 0 Å². The van der Waals surface area contributed by atoms with Crippen LogP contribution in [0.4, 0.5) is 0 Å². The summed E-state index contributed by atoms with van der Waals surface area (Å²) in [6.45, 7) is 5.96. The van der Waals surface area contributed by atoms with E-state index in [2.05, 4.69) is 6.92 Å². The third kappa shape index (κ3) is 12.7. The Kier molecular flexibility index (Phi) is 14.4. The molecule has 0 heterocycles. The second-order valence-corrected chi connectivity index (χ2v) is 3.70. The first-order chi connectivity index (χ1) is 6.16. The van der Waals surface area contributed by atoms with Gasteiger partial charge in [0.05, 0.1) is 6.10 Å². The Morgan fingerprint density at radius 1 is 1.21 bits per heavy atom. The van der Waals surface area contributed by atoms with Gasteiger partial charge in [0.15, 0.2) is 0 Å². The van der Waals surface area contributed by atoms with Gasteiger partial charge < -0.3 is 7.59 Å². The standard InChI is InChI=1S/C11H22O2.Ca.2H/c1-4-5-6-7-8-9-11(12)13-10(2)3;;;/h10H,4-9H2,1-3H3;;;/q;+2;2*-1. The van der Waals surface area contributed by atoms with Gasteiger partial charge in [0, 0.05) is 6.42 Å². The Hall–Kier alpha value is 0.730. The summed E-state index contributed by atoms with van der Waals surface area (Å²) >= 11 is 0. The Bertz CT molecular complexity index is 144. The van der Waals surface area contributed by atoms with E-state index < -0.39 is 0 Å². The first-order valence-electron chi connectivity index (χ1n) is 5.36. The fourth-order valence-corrected chi connectivity index (χ4v) is 1.19. The predicted octanol–water partition coefficient (Wildman–Crippen LogP) is 3.14. The summed E-state index contributed by atoms with van der Waals surface area (Å²) in [5.74, 6) is -0.0495. The van der Waals surface area contributed by atoms with E-state index in [0.717, 1.165) is 12.8 Å². The third-order valence-electron chi connectivity index (χ3n) is 1.85. The normalized spacial score (nSPS) is 9.71. The minimum atomic E-state index is -0.0495. The van der Waals surface area contributed by atoms with Crippen LogP contribution in [-0.4, -0.2) is 49.8 Å². The largest absolute Gasteiger partial charge is 2.00 e. The van der Waals surface area contributed by atoms with E-state index in [1.165, 1.54) is 19.3 Å². The number of ether oxygens (including phenoxy) is 1. The Labute approximate surface area is 121 Å². The van der Waals surface area contributed by atoms with Gasteiger partial charge in [0.25, 0.3) is 0 Å². The summed E-state index contributed by atoms with van der Waals surface area (Å²) in [6.07, 6.45) is 6.51. The molecular formula is C11H24CaO2. The molecule has 82 valence electrons. The molecule has 0 bridgehead atoms. The van der Waals surface area contributed by atoms with Crippen molar-refractivity contribution in [3.05, 3.63) is 0 Å². The summed E-state index contributed by atoms with van der Waals surface area (Å²) in [7, 11) is 0. The smallest absolute Gasteiger partial charge is 1.00 e. The molecule has 0 N–H and O–H groups in total. The molecule has 0 fully saturated rings. The molecule has 0 aromatic rings. The zero-order valence-electron chi connectivity index (χ0n) is 11.8. The minimum absolute atomic E-state index is 0. The molecule has 0 saturated carbocycles. The van der Waals surface area contributed by atoms with E-state index >= 15 is 0 Å². The number of unbranched alkanes of at least 4 members (excludes halogenated alkanes) is 4. The zero-order chi connectivity index (χ0) is 10.1. The molecule has 0 rings (SSSR count). The first-order valence-corrected chi connectivity index (χ1v) is 5.36. The summed E-state index contributed by atoms with van der Waals surface area (Å²) in [5.41, 5.74) is 0. The molecule has 0 atom stereocenters. The summed E-state index contributed by atoms with van der Waals surface area (Å²) in [6, 6.07) is 0. The number of carbonyl (C=O) groups is 1. The SMILES string of the molecule is CCCCCCCC(=O)OC(C)C.[Ca+2].[H-].[H-]. The third-order valence-corrected chi connectivity index (χ3v) is 1.85. The number of esters is 1. The Morgan fingerprint density at radius 3 is 2.29 bits per heavy atom. The maximum atomic E-state index is 11.1. The fourth-order valence-electron chi connectivity index (χ4n) is 1.19. The number of hydrogen-bond donors (Lipinski definition) is 0. The van der Waals surface area contributed by atoms with Crippen molar-refractivity contribution in [1.82, 2.24) is 0 Å². The number of rotatable bonds is 7. The van der Waals surface area contributed by atoms with E-state index in [1.54, 1.807) is 0 Å².